The van der Waals surface area contributed by atoms with Crippen molar-refractivity contribution in [3.8, 4) is 0 Å². The SMILES string of the molecule is CCC(CC)NCc1ccccc1. The highest BCUT2D eigenvalue weighted by atomic mass is 14.9. The molecule has 1 N–H and O–H groups in total. The van der Waals surface area contributed by atoms with Crippen molar-refractivity contribution in [3.05, 3.63) is 35.9 Å². The Labute approximate surface area is 81.2 Å². The van der Waals surface area contributed by atoms with Gasteiger partial charge in [0.05, 0.1) is 0 Å². The van der Waals surface area contributed by atoms with Crippen molar-refractivity contribution >= 4 is 0 Å². The number of hydrogen-bond acceptors (Lipinski definition) is 1. The molecule has 0 spiro atoms. The van der Waals surface area contributed by atoms with E-state index in [-0.39, 0.29) is 0 Å². The van der Waals surface area contributed by atoms with E-state index in [2.05, 4.69) is 49.5 Å². The van der Waals surface area contributed by atoms with Gasteiger partial charge in [-0.3, -0.25) is 0 Å². The monoisotopic (exact) mass is 177 g/mol. The molecule has 1 aromatic carbocycles. The molecule has 0 saturated carbocycles. The van der Waals surface area contributed by atoms with Gasteiger partial charge in [-0.2, -0.15) is 0 Å². The second-order valence-corrected chi connectivity index (χ2v) is 3.38. The Morgan fingerprint density at radius 3 is 2.23 bits per heavy atom. The summed E-state index contributed by atoms with van der Waals surface area (Å²) in [6.45, 7) is 5.45. The van der Waals surface area contributed by atoms with Crippen molar-refractivity contribution in [2.24, 2.45) is 0 Å². The summed E-state index contributed by atoms with van der Waals surface area (Å²) in [4.78, 5) is 0. The fraction of sp³-hybridized carbons (Fsp3) is 0.500. The Morgan fingerprint density at radius 2 is 1.69 bits per heavy atom. The van der Waals surface area contributed by atoms with Crippen LogP contribution in [0.2, 0.25) is 0 Å². The van der Waals surface area contributed by atoms with E-state index in [1.165, 1.54) is 18.4 Å². The molecule has 13 heavy (non-hydrogen) atoms. The van der Waals surface area contributed by atoms with E-state index >= 15 is 0 Å². The minimum Gasteiger partial charge on any atom is -0.310 e. The highest BCUT2D eigenvalue weighted by Gasteiger charge is 2.00. The smallest absolute Gasteiger partial charge is 0.0208 e. The van der Waals surface area contributed by atoms with Crippen LogP contribution >= 0.6 is 0 Å². The summed E-state index contributed by atoms with van der Waals surface area (Å²) >= 11 is 0. The predicted molar refractivity (Wildman–Crippen MR) is 57.7 cm³/mol. The van der Waals surface area contributed by atoms with Gasteiger partial charge in [0, 0.05) is 12.6 Å². The van der Waals surface area contributed by atoms with Gasteiger partial charge in [0.25, 0.3) is 0 Å². The summed E-state index contributed by atoms with van der Waals surface area (Å²) in [5.74, 6) is 0. The first-order valence-electron chi connectivity index (χ1n) is 5.14. The lowest BCUT2D eigenvalue weighted by molar-refractivity contribution is 0.484. The number of benzene rings is 1. The molecule has 1 nitrogen and oxygen atoms in total. The van der Waals surface area contributed by atoms with Crippen LogP contribution in [0.15, 0.2) is 30.3 Å². The van der Waals surface area contributed by atoms with Gasteiger partial charge < -0.3 is 5.32 Å². The van der Waals surface area contributed by atoms with Crippen molar-refractivity contribution in [2.75, 3.05) is 0 Å². The Bertz CT molecular complexity index is 214. The first kappa shape index (κ1) is 10.3. The zero-order valence-corrected chi connectivity index (χ0v) is 8.59. The topological polar surface area (TPSA) is 12.0 Å². The average Bonchev–Trinajstić information content (AvgIpc) is 2.21. The van der Waals surface area contributed by atoms with E-state index in [1.54, 1.807) is 0 Å². The molecule has 0 aliphatic heterocycles. The van der Waals surface area contributed by atoms with Gasteiger partial charge in [0.1, 0.15) is 0 Å². The lowest BCUT2D eigenvalue weighted by atomic mass is 10.1. The van der Waals surface area contributed by atoms with Crippen molar-refractivity contribution in [1.82, 2.24) is 5.32 Å². The minimum absolute atomic E-state index is 0.667. The van der Waals surface area contributed by atoms with Gasteiger partial charge in [-0.1, -0.05) is 44.2 Å². The fourth-order valence-corrected chi connectivity index (χ4v) is 1.44. The first-order chi connectivity index (χ1) is 6.36. The van der Waals surface area contributed by atoms with E-state index in [1.807, 2.05) is 0 Å². The molecule has 1 aromatic rings. The molecule has 0 fully saturated rings. The molecule has 72 valence electrons. The van der Waals surface area contributed by atoms with Gasteiger partial charge in [0.2, 0.25) is 0 Å². The molecule has 0 saturated heterocycles. The third kappa shape index (κ3) is 3.60. The normalized spacial score (nSPS) is 10.7. The quantitative estimate of drug-likeness (QED) is 0.729. The fourth-order valence-electron chi connectivity index (χ4n) is 1.44. The number of hydrogen-bond donors (Lipinski definition) is 1. The maximum Gasteiger partial charge on any atom is 0.0208 e. The molecule has 0 atom stereocenters. The van der Waals surface area contributed by atoms with Crippen molar-refractivity contribution in [1.29, 1.82) is 0 Å². The van der Waals surface area contributed by atoms with Crippen LogP contribution in [-0.4, -0.2) is 6.04 Å². The van der Waals surface area contributed by atoms with Crippen LogP contribution in [-0.2, 0) is 6.54 Å². The molecule has 0 heterocycles. The molecule has 0 amide bonds. The van der Waals surface area contributed by atoms with E-state index in [0.29, 0.717) is 6.04 Å². The molecule has 0 bridgehead atoms. The van der Waals surface area contributed by atoms with Crippen molar-refractivity contribution < 1.29 is 0 Å². The summed E-state index contributed by atoms with van der Waals surface area (Å²) in [7, 11) is 0. The van der Waals surface area contributed by atoms with Crippen LogP contribution in [0.3, 0.4) is 0 Å². The van der Waals surface area contributed by atoms with Crippen LogP contribution in [0.1, 0.15) is 32.3 Å². The van der Waals surface area contributed by atoms with Crippen molar-refractivity contribution in [3.63, 3.8) is 0 Å². The molecule has 0 radical (unpaired) electrons. The number of rotatable bonds is 5. The lowest BCUT2D eigenvalue weighted by Crippen LogP contribution is -2.26. The van der Waals surface area contributed by atoms with E-state index in [0.717, 1.165) is 6.54 Å². The first-order valence-corrected chi connectivity index (χ1v) is 5.14. The molecule has 0 aliphatic rings. The number of nitrogens with one attached hydrogen (secondary N) is 1. The molecule has 1 heteroatoms. The summed E-state index contributed by atoms with van der Waals surface area (Å²) in [6.07, 6.45) is 2.42. The van der Waals surface area contributed by atoms with Crippen molar-refractivity contribution in [2.45, 2.75) is 39.3 Å². The maximum atomic E-state index is 3.54. The van der Waals surface area contributed by atoms with Gasteiger partial charge in [0.15, 0.2) is 0 Å². The van der Waals surface area contributed by atoms with Crippen LogP contribution in [0, 0.1) is 0 Å². The standard InChI is InChI=1S/C12H19N/c1-3-12(4-2)13-10-11-8-6-5-7-9-11/h5-9,12-13H,3-4,10H2,1-2H3. The zero-order chi connectivity index (χ0) is 9.52. The van der Waals surface area contributed by atoms with E-state index in [9.17, 15) is 0 Å². The van der Waals surface area contributed by atoms with Gasteiger partial charge in [-0.25, -0.2) is 0 Å². The van der Waals surface area contributed by atoms with Gasteiger partial charge >= 0.3 is 0 Å². The Kier molecular flexibility index (Phi) is 4.55. The molecule has 0 aliphatic carbocycles. The maximum absolute atomic E-state index is 3.54. The van der Waals surface area contributed by atoms with E-state index < -0.39 is 0 Å². The van der Waals surface area contributed by atoms with Crippen LogP contribution in [0.4, 0.5) is 0 Å². The summed E-state index contributed by atoms with van der Waals surface area (Å²) in [6, 6.07) is 11.2. The lowest BCUT2D eigenvalue weighted by Gasteiger charge is -2.14. The third-order valence-electron chi connectivity index (χ3n) is 2.42. The van der Waals surface area contributed by atoms with Crippen LogP contribution in [0.5, 0.6) is 0 Å². The Balaban J connectivity index is 2.34. The summed E-state index contributed by atoms with van der Waals surface area (Å²) in [5.41, 5.74) is 1.37. The molecular formula is C12H19N. The highest BCUT2D eigenvalue weighted by Crippen LogP contribution is 2.01. The second kappa shape index (κ2) is 5.76. The third-order valence-corrected chi connectivity index (χ3v) is 2.42. The van der Waals surface area contributed by atoms with Crippen LogP contribution in [0.25, 0.3) is 0 Å². The van der Waals surface area contributed by atoms with Gasteiger partial charge in [-0.05, 0) is 18.4 Å². The Morgan fingerprint density at radius 1 is 1.08 bits per heavy atom. The van der Waals surface area contributed by atoms with Gasteiger partial charge in [-0.15, -0.1) is 0 Å². The minimum atomic E-state index is 0.667. The summed E-state index contributed by atoms with van der Waals surface area (Å²) in [5, 5.41) is 3.54. The largest absolute Gasteiger partial charge is 0.310 e. The average molecular weight is 177 g/mol. The Hall–Kier alpha value is -0.820. The highest BCUT2D eigenvalue weighted by molar-refractivity contribution is 5.14. The molecule has 1 rings (SSSR count). The second-order valence-electron chi connectivity index (χ2n) is 3.38. The summed E-state index contributed by atoms with van der Waals surface area (Å²) < 4.78 is 0. The molecular weight excluding hydrogens is 158 g/mol. The molecule has 0 aromatic heterocycles. The predicted octanol–water partition coefficient (Wildman–Crippen LogP) is 2.96. The van der Waals surface area contributed by atoms with E-state index in [4.69, 9.17) is 0 Å². The zero-order valence-electron chi connectivity index (χ0n) is 8.59. The molecule has 0 unspecified atom stereocenters. The van der Waals surface area contributed by atoms with Crippen LogP contribution < -0.4 is 5.32 Å².